The van der Waals surface area contributed by atoms with E-state index in [9.17, 15) is 8.42 Å². The highest BCUT2D eigenvalue weighted by Crippen LogP contribution is 2.17. The fourth-order valence-corrected chi connectivity index (χ4v) is 2.85. The Morgan fingerprint density at radius 3 is 2.94 bits per heavy atom. The maximum absolute atomic E-state index is 11.9. The van der Waals surface area contributed by atoms with E-state index in [2.05, 4.69) is 14.7 Å². The summed E-state index contributed by atoms with van der Waals surface area (Å²) in [5.41, 5.74) is 0.567. The van der Waals surface area contributed by atoms with Crippen LogP contribution in [0.3, 0.4) is 0 Å². The lowest BCUT2D eigenvalue weighted by molar-refractivity contribution is 0.598. The summed E-state index contributed by atoms with van der Waals surface area (Å²) in [5, 5.41) is 3.63. The Morgan fingerprint density at radius 2 is 2.38 bits per heavy atom. The topological polar surface area (TPSA) is 74.8 Å². The first kappa shape index (κ1) is 11.2. The van der Waals surface area contributed by atoms with Crippen LogP contribution in [-0.2, 0) is 16.4 Å². The monoisotopic (exact) mass is 257 g/mol. The third-order valence-electron chi connectivity index (χ3n) is 2.00. The van der Waals surface area contributed by atoms with Crippen LogP contribution in [0.15, 0.2) is 28.0 Å². The van der Waals surface area contributed by atoms with Crippen molar-refractivity contribution >= 4 is 27.0 Å². The second kappa shape index (κ2) is 4.26. The van der Waals surface area contributed by atoms with Gasteiger partial charge < -0.3 is 4.98 Å². The Bertz CT molecular complexity index is 557. The molecule has 2 rings (SSSR count). The summed E-state index contributed by atoms with van der Waals surface area (Å²) >= 11 is 1.43. The van der Waals surface area contributed by atoms with Gasteiger partial charge in [-0.25, -0.2) is 4.98 Å². The van der Waals surface area contributed by atoms with Crippen LogP contribution in [0.25, 0.3) is 0 Å². The molecule has 0 bridgehead atoms. The van der Waals surface area contributed by atoms with Crippen molar-refractivity contribution in [3.63, 3.8) is 0 Å². The van der Waals surface area contributed by atoms with E-state index in [1.807, 2.05) is 12.3 Å². The van der Waals surface area contributed by atoms with Crippen LogP contribution in [0.2, 0.25) is 0 Å². The molecule has 2 aromatic heterocycles. The standard InChI is InChI=1S/C9H11N3O2S2/c1-2-8-10-5-9(11-8)16(13,14)12-7-3-4-15-6-7/h3-6,12H,2H2,1H3,(H,10,11). The first-order valence-electron chi connectivity index (χ1n) is 4.70. The molecule has 2 aromatic rings. The second-order valence-corrected chi connectivity index (χ2v) is 5.60. The summed E-state index contributed by atoms with van der Waals surface area (Å²) in [6.07, 6.45) is 2.00. The molecule has 0 fully saturated rings. The smallest absolute Gasteiger partial charge is 0.279 e. The molecule has 0 aliphatic heterocycles. The van der Waals surface area contributed by atoms with E-state index >= 15 is 0 Å². The average Bonchev–Trinajstić information content (AvgIpc) is 2.85. The van der Waals surface area contributed by atoms with Crippen LogP contribution in [-0.4, -0.2) is 18.4 Å². The van der Waals surface area contributed by atoms with Crippen molar-refractivity contribution in [2.75, 3.05) is 4.72 Å². The lowest BCUT2D eigenvalue weighted by Crippen LogP contribution is -2.12. The molecule has 0 aromatic carbocycles. The van der Waals surface area contributed by atoms with E-state index in [4.69, 9.17) is 0 Å². The molecule has 7 heteroatoms. The van der Waals surface area contributed by atoms with E-state index in [0.717, 1.165) is 0 Å². The van der Waals surface area contributed by atoms with Crippen molar-refractivity contribution < 1.29 is 8.42 Å². The van der Waals surface area contributed by atoms with Gasteiger partial charge in [-0.15, -0.1) is 0 Å². The van der Waals surface area contributed by atoms with E-state index in [0.29, 0.717) is 17.9 Å². The summed E-state index contributed by atoms with van der Waals surface area (Å²) < 4.78 is 26.2. The maximum Gasteiger partial charge on any atom is 0.279 e. The van der Waals surface area contributed by atoms with Crippen molar-refractivity contribution in [1.82, 2.24) is 9.97 Å². The van der Waals surface area contributed by atoms with Gasteiger partial charge in [0.1, 0.15) is 5.82 Å². The van der Waals surface area contributed by atoms with Crippen LogP contribution in [0.5, 0.6) is 0 Å². The van der Waals surface area contributed by atoms with Gasteiger partial charge in [0, 0.05) is 11.8 Å². The van der Waals surface area contributed by atoms with Crippen LogP contribution in [0.1, 0.15) is 12.7 Å². The molecule has 0 radical (unpaired) electrons. The summed E-state index contributed by atoms with van der Waals surface area (Å²) in [6, 6.07) is 1.71. The minimum absolute atomic E-state index is 0.0931. The highest BCUT2D eigenvalue weighted by Gasteiger charge is 2.16. The first-order chi connectivity index (χ1) is 7.62. The molecule has 5 nitrogen and oxygen atoms in total. The fourth-order valence-electron chi connectivity index (χ4n) is 1.19. The Balaban J connectivity index is 2.25. The quantitative estimate of drug-likeness (QED) is 0.877. The van der Waals surface area contributed by atoms with E-state index in [1.165, 1.54) is 17.5 Å². The summed E-state index contributed by atoms with van der Waals surface area (Å²) in [7, 11) is -3.53. The van der Waals surface area contributed by atoms with Gasteiger partial charge in [-0.3, -0.25) is 4.72 Å². The first-order valence-corrected chi connectivity index (χ1v) is 7.13. The summed E-state index contributed by atoms with van der Waals surface area (Å²) in [4.78, 5) is 6.72. The van der Waals surface area contributed by atoms with Gasteiger partial charge in [-0.05, 0) is 11.4 Å². The van der Waals surface area contributed by atoms with Crippen molar-refractivity contribution in [2.24, 2.45) is 0 Å². The van der Waals surface area contributed by atoms with Gasteiger partial charge in [-0.2, -0.15) is 19.8 Å². The third-order valence-corrected chi connectivity index (χ3v) is 3.98. The van der Waals surface area contributed by atoms with E-state index < -0.39 is 10.0 Å². The number of aromatic nitrogens is 2. The Kier molecular flexibility index (Phi) is 2.97. The molecule has 2 N–H and O–H groups in total. The predicted molar refractivity (Wildman–Crippen MR) is 63.1 cm³/mol. The molecule has 0 aliphatic carbocycles. The second-order valence-electron chi connectivity index (χ2n) is 3.17. The molecule has 0 spiro atoms. The molecule has 0 saturated heterocycles. The average molecular weight is 257 g/mol. The molecule has 0 saturated carbocycles. The zero-order valence-electron chi connectivity index (χ0n) is 8.60. The molecule has 0 unspecified atom stereocenters. The number of sulfonamides is 1. The number of aryl methyl sites for hydroxylation is 1. The number of nitrogens with zero attached hydrogens (tertiary/aromatic N) is 1. The van der Waals surface area contributed by atoms with Crippen LogP contribution in [0, 0.1) is 0 Å². The minimum atomic E-state index is -3.53. The molecule has 0 aliphatic rings. The third kappa shape index (κ3) is 2.25. The Morgan fingerprint density at radius 1 is 1.56 bits per heavy atom. The van der Waals surface area contributed by atoms with Crippen LogP contribution in [0.4, 0.5) is 5.69 Å². The normalized spacial score (nSPS) is 11.6. The number of imidazole rings is 1. The summed E-state index contributed by atoms with van der Waals surface area (Å²) in [6.45, 7) is 1.90. The van der Waals surface area contributed by atoms with Gasteiger partial charge in [0.25, 0.3) is 10.0 Å². The van der Waals surface area contributed by atoms with Gasteiger partial charge in [0.15, 0.2) is 5.03 Å². The number of hydrogen-bond acceptors (Lipinski definition) is 4. The molecular formula is C9H11N3O2S2. The Labute approximate surface area is 97.6 Å². The fraction of sp³-hybridized carbons (Fsp3) is 0.222. The van der Waals surface area contributed by atoms with Gasteiger partial charge in [-0.1, -0.05) is 6.92 Å². The van der Waals surface area contributed by atoms with Crippen molar-refractivity contribution in [3.05, 3.63) is 28.8 Å². The lowest BCUT2D eigenvalue weighted by Gasteiger charge is -2.02. The largest absolute Gasteiger partial charge is 0.332 e. The highest BCUT2D eigenvalue weighted by molar-refractivity contribution is 7.92. The van der Waals surface area contributed by atoms with Gasteiger partial charge >= 0.3 is 0 Å². The van der Waals surface area contributed by atoms with E-state index in [1.54, 1.807) is 11.4 Å². The SMILES string of the molecule is CCc1ncc(S(=O)(=O)Nc2ccsc2)[nH]1. The number of rotatable bonds is 4. The van der Waals surface area contributed by atoms with Crippen molar-refractivity contribution in [3.8, 4) is 0 Å². The molecule has 86 valence electrons. The minimum Gasteiger partial charge on any atom is -0.332 e. The lowest BCUT2D eigenvalue weighted by atomic mass is 10.5. The maximum atomic E-state index is 11.9. The molecule has 16 heavy (non-hydrogen) atoms. The van der Waals surface area contributed by atoms with Crippen molar-refractivity contribution in [1.29, 1.82) is 0 Å². The number of hydrogen-bond donors (Lipinski definition) is 2. The number of H-pyrrole nitrogens is 1. The number of nitrogens with one attached hydrogen (secondary N) is 2. The van der Waals surface area contributed by atoms with Crippen LogP contribution >= 0.6 is 11.3 Å². The molecule has 0 atom stereocenters. The summed E-state index contributed by atoms with van der Waals surface area (Å²) in [5.74, 6) is 0.658. The van der Waals surface area contributed by atoms with Gasteiger partial charge in [0.2, 0.25) is 0 Å². The zero-order chi connectivity index (χ0) is 11.6. The predicted octanol–water partition coefficient (Wildman–Crippen LogP) is 1.83. The van der Waals surface area contributed by atoms with Crippen molar-refractivity contribution in [2.45, 2.75) is 18.4 Å². The Hall–Kier alpha value is -1.34. The molecule has 0 amide bonds. The van der Waals surface area contributed by atoms with Gasteiger partial charge in [0.05, 0.1) is 11.9 Å². The molecular weight excluding hydrogens is 246 g/mol. The highest BCUT2D eigenvalue weighted by atomic mass is 32.2. The number of anilines is 1. The molecule has 2 heterocycles. The van der Waals surface area contributed by atoms with E-state index in [-0.39, 0.29) is 5.03 Å². The zero-order valence-corrected chi connectivity index (χ0v) is 10.2. The van der Waals surface area contributed by atoms with Crippen LogP contribution < -0.4 is 4.72 Å². The number of thiophene rings is 1. The number of aromatic amines is 1.